The molecule has 2 fully saturated rings. The number of guanidine groups is 1. The van der Waals surface area contributed by atoms with E-state index in [1.54, 1.807) is 0 Å². The number of nitrogens with one attached hydrogen (secondary N) is 2. The third-order valence-electron chi connectivity index (χ3n) is 6.13. The van der Waals surface area contributed by atoms with Crippen molar-refractivity contribution < 1.29 is 4.79 Å². The molecule has 1 heterocycles. The van der Waals surface area contributed by atoms with E-state index in [9.17, 15) is 4.79 Å². The molecule has 6 heteroatoms. The highest BCUT2D eigenvalue weighted by atomic mass is 127. The standard InChI is InChI=1S/C22H34N4O.HI/c1-3-22(12-6-13-22)17-25-21(23-4-2)24-15-18-8-10-19(11-9-18)16-26-14-5-7-20(26)27;/h8-11H,3-7,12-17H2,1-2H3,(H2,23,24,25);1H. The Balaban J connectivity index is 0.00000280. The number of carbonyl (C=O) groups excluding carboxylic acids is 1. The molecule has 1 aliphatic carbocycles. The van der Waals surface area contributed by atoms with Crippen molar-refractivity contribution in [2.45, 2.75) is 65.5 Å². The highest BCUT2D eigenvalue weighted by molar-refractivity contribution is 14.0. The maximum absolute atomic E-state index is 11.8. The molecule has 1 amide bonds. The van der Waals surface area contributed by atoms with Crippen LogP contribution in [-0.4, -0.2) is 36.4 Å². The second-order valence-corrected chi connectivity index (χ2v) is 7.99. The molecule has 0 unspecified atom stereocenters. The van der Waals surface area contributed by atoms with Crippen LogP contribution < -0.4 is 10.6 Å². The van der Waals surface area contributed by atoms with Gasteiger partial charge in [-0.25, -0.2) is 4.99 Å². The van der Waals surface area contributed by atoms with Crippen molar-refractivity contribution in [2.24, 2.45) is 10.4 Å². The van der Waals surface area contributed by atoms with E-state index in [0.29, 0.717) is 18.4 Å². The van der Waals surface area contributed by atoms with Gasteiger partial charge in [0.15, 0.2) is 5.96 Å². The van der Waals surface area contributed by atoms with Crippen molar-refractivity contribution in [2.75, 3.05) is 19.6 Å². The van der Waals surface area contributed by atoms with Crippen LogP contribution in [0.4, 0.5) is 0 Å². The Morgan fingerprint density at radius 1 is 1.11 bits per heavy atom. The fourth-order valence-corrected chi connectivity index (χ4v) is 3.96. The summed E-state index contributed by atoms with van der Waals surface area (Å²) < 4.78 is 0. The van der Waals surface area contributed by atoms with Gasteiger partial charge in [-0.1, -0.05) is 37.6 Å². The largest absolute Gasteiger partial charge is 0.357 e. The highest BCUT2D eigenvalue weighted by Crippen LogP contribution is 2.42. The molecule has 0 aromatic heterocycles. The first kappa shape index (κ1) is 23.0. The van der Waals surface area contributed by atoms with E-state index < -0.39 is 0 Å². The quantitative estimate of drug-likeness (QED) is 0.323. The minimum Gasteiger partial charge on any atom is -0.357 e. The molecule has 0 radical (unpaired) electrons. The van der Waals surface area contributed by atoms with Crippen LogP contribution in [0.3, 0.4) is 0 Å². The van der Waals surface area contributed by atoms with Gasteiger partial charge in [-0.15, -0.1) is 24.0 Å². The van der Waals surface area contributed by atoms with Gasteiger partial charge in [0.25, 0.3) is 0 Å². The van der Waals surface area contributed by atoms with Gasteiger partial charge in [-0.2, -0.15) is 0 Å². The molecule has 2 aliphatic rings. The summed E-state index contributed by atoms with van der Waals surface area (Å²) in [5.41, 5.74) is 2.86. The zero-order valence-electron chi connectivity index (χ0n) is 17.3. The summed E-state index contributed by atoms with van der Waals surface area (Å²) in [6.07, 6.45) is 6.95. The number of hydrogen-bond donors (Lipinski definition) is 2. The Bertz CT molecular complexity index is 649. The van der Waals surface area contributed by atoms with Crippen molar-refractivity contribution >= 4 is 35.8 Å². The van der Waals surface area contributed by atoms with E-state index in [1.165, 1.54) is 36.8 Å². The van der Waals surface area contributed by atoms with Gasteiger partial charge in [-0.05, 0) is 49.1 Å². The monoisotopic (exact) mass is 498 g/mol. The van der Waals surface area contributed by atoms with Crippen LogP contribution in [0.2, 0.25) is 0 Å². The van der Waals surface area contributed by atoms with Gasteiger partial charge in [0.05, 0.1) is 6.54 Å². The van der Waals surface area contributed by atoms with E-state index in [1.807, 2.05) is 4.90 Å². The fourth-order valence-electron chi connectivity index (χ4n) is 3.96. The number of likely N-dealkylation sites (tertiary alicyclic amines) is 1. The minimum atomic E-state index is 0. The van der Waals surface area contributed by atoms with E-state index in [4.69, 9.17) is 4.99 Å². The minimum absolute atomic E-state index is 0. The zero-order valence-corrected chi connectivity index (χ0v) is 19.6. The number of aliphatic imine (C=N–C) groups is 1. The lowest BCUT2D eigenvalue weighted by molar-refractivity contribution is -0.128. The molecule has 1 aromatic carbocycles. The van der Waals surface area contributed by atoms with Gasteiger partial charge in [0.2, 0.25) is 5.91 Å². The molecule has 5 nitrogen and oxygen atoms in total. The van der Waals surface area contributed by atoms with Gasteiger partial charge < -0.3 is 15.5 Å². The zero-order chi connectivity index (χ0) is 19.1. The second kappa shape index (κ2) is 11.0. The maximum atomic E-state index is 11.8. The van der Waals surface area contributed by atoms with Crippen molar-refractivity contribution in [1.29, 1.82) is 0 Å². The lowest BCUT2D eigenvalue weighted by atomic mass is 9.67. The van der Waals surface area contributed by atoms with Gasteiger partial charge in [0, 0.05) is 32.6 Å². The molecule has 2 N–H and O–H groups in total. The van der Waals surface area contributed by atoms with Crippen LogP contribution in [0.5, 0.6) is 0 Å². The number of benzene rings is 1. The molecule has 1 saturated carbocycles. The molecule has 1 aromatic rings. The Kier molecular flexibility index (Phi) is 9.05. The van der Waals surface area contributed by atoms with E-state index in [0.717, 1.165) is 38.6 Å². The fraction of sp³-hybridized carbons (Fsp3) is 0.636. The maximum Gasteiger partial charge on any atom is 0.222 e. The summed E-state index contributed by atoms with van der Waals surface area (Å²) in [7, 11) is 0. The van der Waals surface area contributed by atoms with Gasteiger partial charge in [-0.3, -0.25) is 4.79 Å². The van der Waals surface area contributed by atoms with Crippen molar-refractivity contribution in [3.8, 4) is 0 Å². The Labute approximate surface area is 186 Å². The lowest BCUT2D eigenvalue weighted by Crippen LogP contribution is -2.46. The summed E-state index contributed by atoms with van der Waals surface area (Å²) in [4.78, 5) is 18.5. The summed E-state index contributed by atoms with van der Waals surface area (Å²) in [6, 6.07) is 8.50. The topological polar surface area (TPSA) is 56.7 Å². The predicted molar refractivity (Wildman–Crippen MR) is 126 cm³/mol. The summed E-state index contributed by atoms with van der Waals surface area (Å²) in [6.45, 7) is 8.56. The van der Waals surface area contributed by atoms with Crippen molar-refractivity contribution in [1.82, 2.24) is 15.5 Å². The number of rotatable bonds is 8. The van der Waals surface area contributed by atoms with Crippen LogP contribution >= 0.6 is 24.0 Å². The molecule has 1 saturated heterocycles. The van der Waals surface area contributed by atoms with Crippen molar-refractivity contribution in [3.63, 3.8) is 0 Å². The van der Waals surface area contributed by atoms with Crippen LogP contribution in [0, 0.1) is 5.41 Å². The number of halogens is 1. The van der Waals surface area contributed by atoms with Crippen LogP contribution in [0.25, 0.3) is 0 Å². The Morgan fingerprint density at radius 3 is 2.36 bits per heavy atom. The molecule has 28 heavy (non-hydrogen) atoms. The summed E-state index contributed by atoms with van der Waals surface area (Å²) in [5, 5.41) is 6.90. The van der Waals surface area contributed by atoms with E-state index >= 15 is 0 Å². The summed E-state index contributed by atoms with van der Waals surface area (Å²) >= 11 is 0. The highest BCUT2D eigenvalue weighted by Gasteiger charge is 2.34. The van der Waals surface area contributed by atoms with Crippen LogP contribution in [-0.2, 0) is 17.9 Å². The smallest absolute Gasteiger partial charge is 0.222 e. The number of amides is 1. The summed E-state index contributed by atoms with van der Waals surface area (Å²) in [5.74, 6) is 1.19. The van der Waals surface area contributed by atoms with Crippen molar-refractivity contribution in [3.05, 3.63) is 35.4 Å². The third-order valence-corrected chi connectivity index (χ3v) is 6.13. The van der Waals surface area contributed by atoms with Crippen LogP contribution in [0.15, 0.2) is 29.3 Å². The normalized spacial score (nSPS) is 18.4. The number of hydrogen-bond acceptors (Lipinski definition) is 2. The average molecular weight is 498 g/mol. The molecule has 0 spiro atoms. The first-order valence-electron chi connectivity index (χ1n) is 10.5. The van der Waals surface area contributed by atoms with Gasteiger partial charge >= 0.3 is 0 Å². The third kappa shape index (κ3) is 6.09. The van der Waals surface area contributed by atoms with E-state index in [-0.39, 0.29) is 29.9 Å². The Morgan fingerprint density at radius 2 is 1.82 bits per heavy atom. The predicted octanol–water partition coefficient (Wildman–Crippen LogP) is 4.06. The van der Waals surface area contributed by atoms with E-state index in [2.05, 4.69) is 48.7 Å². The van der Waals surface area contributed by atoms with Gasteiger partial charge in [0.1, 0.15) is 0 Å². The number of nitrogens with zero attached hydrogens (tertiary/aromatic N) is 2. The molecule has 0 atom stereocenters. The second-order valence-electron chi connectivity index (χ2n) is 7.99. The SMILES string of the molecule is CCNC(=NCc1ccc(CN2CCCC2=O)cc1)NCC1(CC)CCC1.I. The van der Waals surface area contributed by atoms with Crippen LogP contribution in [0.1, 0.15) is 63.5 Å². The molecule has 0 bridgehead atoms. The first-order chi connectivity index (χ1) is 13.1. The Hall–Kier alpha value is -1.31. The number of carbonyl (C=O) groups is 1. The molecular weight excluding hydrogens is 463 g/mol. The molecular formula is C22H35IN4O. The first-order valence-corrected chi connectivity index (χ1v) is 10.5. The average Bonchev–Trinajstić information content (AvgIpc) is 3.05. The molecule has 1 aliphatic heterocycles. The molecule has 3 rings (SSSR count). The molecule has 156 valence electrons. The lowest BCUT2D eigenvalue weighted by Gasteiger charge is -2.41.